The van der Waals surface area contributed by atoms with E-state index in [2.05, 4.69) is 15.6 Å². The molecule has 0 atom stereocenters. The second kappa shape index (κ2) is 8.03. The Morgan fingerprint density at radius 2 is 1.87 bits per heavy atom. The summed E-state index contributed by atoms with van der Waals surface area (Å²) < 4.78 is 13.0. The molecule has 1 aromatic heterocycles. The van der Waals surface area contributed by atoms with Gasteiger partial charge >= 0.3 is 0 Å². The van der Waals surface area contributed by atoms with Gasteiger partial charge in [0, 0.05) is 5.69 Å². The molecule has 2 amide bonds. The van der Waals surface area contributed by atoms with Gasteiger partial charge in [0.1, 0.15) is 5.82 Å². The van der Waals surface area contributed by atoms with Crippen molar-refractivity contribution in [2.45, 2.75) is 19.9 Å². The highest BCUT2D eigenvalue weighted by atomic mass is 19.1. The summed E-state index contributed by atoms with van der Waals surface area (Å²) in [5, 5.41) is 5.18. The first-order chi connectivity index (χ1) is 11.0. The molecule has 0 spiro atoms. The molecule has 6 heteroatoms. The Balaban J connectivity index is 1.72. The van der Waals surface area contributed by atoms with Gasteiger partial charge in [0.2, 0.25) is 11.8 Å². The molecule has 5 nitrogen and oxygen atoms in total. The number of halogens is 1. The first-order valence-corrected chi connectivity index (χ1v) is 7.23. The Kier molecular flexibility index (Phi) is 5.80. The minimum atomic E-state index is -0.390. The van der Waals surface area contributed by atoms with Crippen LogP contribution in [0.3, 0.4) is 0 Å². The molecule has 2 N–H and O–H groups in total. The van der Waals surface area contributed by atoms with Crippen molar-refractivity contribution < 1.29 is 14.0 Å². The van der Waals surface area contributed by atoms with E-state index in [4.69, 9.17) is 0 Å². The number of benzene rings is 1. The van der Waals surface area contributed by atoms with Crippen LogP contribution in [0.1, 0.15) is 17.0 Å². The minimum absolute atomic E-state index is 0.0322. The van der Waals surface area contributed by atoms with Crippen LogP contribution < -0.4 is 10.6 Å². The molecule has 0 saturated heterocycles. The summed E-state index contributed by atoms with van der Waals surface area (Å²) in [6.07, 6.45) is 0.0322. The van der Waals surface area contributed by atoms with Crippen molar-refractivity contribution in [1.82, 2.24) is 15.6 Å². The standard InChI is InChI=1S/C17H18FN3O2/c1-12-4-2-7-15(21-12)10-19-17(23)11-20-16(22)9-13-5-3-6-14(18)8-13/h2-8H,9-11H2,1H3,(H,19,23)(H,20,22). The van der Waals surface area contributed by atoms with Gasteiger partial charge in [-0.2, -0.15) is 0 Å². The quantitative estimate of drug-likeness (QED) is 0.849. The molecule has 0 fully saturated rings. The predicted molar refractivity (Wildman–Crippen MR) is 83.9 cm³/mol. The van der Waals surface area contributed by atoms with Crippen molar-refractivity contribution >= 4 is 11.8 Å². The van der Waals surface area contributed by atoms with E-state index in [1.807, 2.05) is 25.1 Å². The van der Waals surface area contributed by atoms with Gasteiger partial charge in [-0.3, -0.25) is 14.6 Å². The molecule has 2 rings (SSSR count). The van der Waals surface area contributed by atoms with E-state index in [0.29, 0.717) is 12.1 Å². The summed E-state index contributed by atoms with van der Waals surface area (Å²) >= 11 is 0. The SMILES string of the molecule is Cc1cccc(CNC(=O)CNC(=O)Cc2cccc(F)c2)n1. The fourth-order valence-corrected chi connectivity index (χ4v) is 2.02. The van der Waals surface area contributed by atoms with Crippen LogP contribution >= 0.6 is 0 Å². The number of carbonyl (C=O) groups excluding carboxylic acids is 2. The number of carbonyl (C=O) groups is 2. The van der Waals surface area contributed by atoms with Gasteiger partial charge in [-0.25, -0.2) is 4.39 Å². The summed E-state index contributed by atoms with van der Waals surface area (Å²) in [4.78, 5) is 27.7. The van der Waals surface area contributed by atoms with Crippen molar-refractivity contribution in [3.63, 3.8) is 0 Å². The van der Waals surface area contributed by atoms with E-state index in [1.54, 1.807) is 12.1 Å². The number of amides is 2. The second-order valence-corrected chi connectivity index (χ2v) is 5.13. The Bertz CT molecular complexity index is 704. The van der Waals surface area contributed by atoms with Crippen molar-refractivity contribution in [2.24, 2.45) is 0 Å². The highest BCUT2D eigenvalue weighted by molar-refractivity contribution is 5.85. The van der Waals surface area contributed by atoms with E-state index in [0.717, 1.165) is 11.4 Å². The fraction of sp³-hybridized carbons (Fsp3) is 0.235. The second-order valence-electron chi connectivity index (χ2n) is 5.13. The summed E-state index contributed by atoms with van der Waals surface area (Å²) in [5.41, 5.74) is 2.19. The summed E-state index contributed by atoms with van der Waals surface area (Å²) in [6, 6.07) is 11.4. The number of pyridine rings is 1. The highest BCUT2D eigenvalue weighted by Gasteiger charge is 2.07. The zero-order valence-corrected chi connectivity index (χ0v) is 12.8. The third kappa shape index (κ3) is 5.86. The molecule has 0 aliphatic carbocycles. The topological polar surface area (TPSA) is 71.1 Å². The van der Waals surface area contributed by atoms with Crippen LogP contribution in [-0.4, -0.2) is 23.3 Å². The number of nitrogens with one attached hydrogen (secondary N) is 2. The van der Waals surface area contributed by atoms with Gasteiger partial charge in [-0.05, 0) is 36.8 Å². The van der Waals surface area contributed by atoms with Crippen molar-refractivity contribution in [3.8, 4) is 0 Å². The van der Waals surface area contributed by atoms with E-state index < -0.39 is 5.82 Å². The molecule has 120 valence electrons. The number of aryl methyl sites for hydroxylation is 1. The normalized spacial score (nSPS) is 10.2. The van der Waals surface area contributed by atoms with Gasteiger partial charge in [0.05, 0.1) is 25.2 Å². The maximum atomic E-state index is 13.0. The lowest BCUT2D eigenvalue weighted by Gasteiger charge is -2.07. The highest BCUT2D eigenvalue weighted by Crippen LogP contribution is 2.04. The van der Waals surface area contributed by atoms with Crippen LogP contribution in [-0.2, 0) is 22.6 Å². The predicted octanol–water partition coefficient (Wildman–Crippen LogP) is 1.50. The Labute approximate surface area is 133 Å². The summed E-state index contributed by atoms with van der Waals surface area (Å²) in [6.45, 7) is 2.05. The molecule has 23 heavy (non-hydrogen) atoms. The minimum Gasteiger partial charge on any atom is -0.349 e. The maximum absolute atomic E-state index is 13.0. The smallest absolute Gasteiger partial charge is 0.239 e. The van der Waals surface area contributed by atoms with Gasteiger partial charge in [-0.1, -0.05) is 18.2 Å². The fourth-order valence-electron chi connectivity index (χ4n) is 2.02. The Morgan fingerprint density at radius 3 is 2.61 bits per heavy atom. The third-order valence-electron chi connectivity index (χ3n) is 3.11. The molecular formula is C17H18FN3O2. The largest absolute Gasteiger partial charge is 0.349 e. The van der Waals surface area contributed by atoms with Crippen LogP contribution in [0, 0.1) is 12.7 Å². The molecule has 0 saturated carbocycles. The van der Waals surface area contributed by atoms with Crippen LogP contribution in [0.15, 0.2) is 42.5 Å². The van der Waals surface area contributed by atoms with Gasteiger partial charge in [-0.15, -0.1) is 0 Å². The molecular weight excluding hydrogens is 297 g/mol. The number of nitrogens with zero attached hydrogens (tertiary/aromatic N) is 1. The average molecular weight is 315 g/mol. The van der Waals surface area contributed by atoms with Crippen LogP contribution in [0.2, 0.25) is 0 Å². The zero-order chi connectivity index (χ0) is 16.7. The number of hydrogen-bond donors (Lipinski definition) is 2. The average Bonchev–Trinajstić information content (AvgIpc) is 2.51. The molecule has 1 heterocycles. The molecule has 2 aromatic rings. The van der Waals surface area contributed by atoms with E-state index in [-0.39, 0.29) is 24.8 Å². The van der Waals surface area contributed by atoms with Gasteiger partial charge in [0.25, 0.3) is 0 Å². The number of rotatable bonds is 6. The molecule has 0 aliphatic rings. The molecule has 0 aliphatic heterocycles. The zero-order valence-electron chi connectivity index (χ0n) is 12.8. The summed E-state index contributed by atoms with van der Waals surface area (Å²) in [5.74, 6) is -1.03. The maximum Gasteiger partial charge on any atom is 0.239 e. The monoisotopic (exact) mass is 315 g/mol. The van der Waals surface area contributed by atoms with Crippen LogP contribution in [0.4, 0.5) is 4.39 Å². The van der Waals surface area contributed by atoms with E-state index in [1.165, 1.54) is 12.1 Å². The van der Waals surface area contributed by atoms with E-state index in [9.17, 15) is 14.0 Å². The first-order valence-electron chi connectivity index (χ1n) is 7.23. The van der Waals surface area contributed by atoms with E-state index >= 15 is 0 Å². The van der Waals surface area contributed by atoms with Crippen molar-refractivity contribution in [1.29, 1.82) is 0 Å². The lowest BCUT2D eigenvalue weighted by Crippen LogP contribution is -2.37. The van der Waals surface area contributed by atoms with Crippen molar-refractivity contribution in [2.75, 3.05) is 6.54 Å². The number of hydrogen-bond acceptors (Lipinski definition) is 3. The molecule has 1 aromatic carbocycles. The first kappa shape index (κ1) is 16.6. The molecule has 0 radical (unpaired) electrons. The van der Waals surface area contributed by atoms with Gasteiger partial charge < -0.3 is 10.6 Å². The number of aromatic nitrogens is 1. The Hall–Kier alpha value is -2.76. The third-order valence-corrected chi connectivity index (χ3v) is 3.11. The van der Waals surface area contributed by atoms with Crippen molar-refractivity contribution in [3.05, 3.63) is 65.2 Å². The molecule has 0 unspecified atom stereocenters. The van der Waals surface area contributed by atoms with Crippen LogP contribution in [0.25, 0.3) is 0 Å². The van der Waals surface area contributed by atoms with Crippen LogP contribution in [0.5, 0.6) is 0 Å². The Morgan fingerprint density at radius 1 is 1.09 bits per heavy atom. The van der Waals surface area contributed by atoms with Gasteiger partial charge in [0.15, 0.2) is 0 Å². The lowest BCUT2D eigenvalue weighted by molar-refractivity contribution is -0.125. The summed E-state index contributed by atoms with van der Waals surface area (Å²) in [7, 11) is 0. The molecule has 0 bridgehead atoms. The lowest BCUT2D eigenvalue weighted by atomic mass is 10.1.